The number of methoxy groups -OCH3 is 1. The lowest BCUT2D eigenvalue weighted by atomic mass is 10.0. The second-order valence-corrected chi connectivity index (χ2v) is 4.64. The third-order valence-corrected chi connectivity index (χ3v) is 2.99. The van der Waals surface area contributed by atoms with Crippen LogP contribution in [0.2, 0.25) is 0 Å². The molecule has 2 aromatic rings. The first-order valence-electron chi connectivity index (χ1n) is 6.44. The van der Waals surface area contributed by atoms with E-state index in [2.05, 4.69) is 6.58 Å². The minimum absolute atomic E-state index is 0.0936. The Morgan fingerprint density at radius 2 is 1.68 bits per heavy atom. The Bertz CT molecular complexity index is 721. The smallest absolute Gasteiger partial charge is 0.338 e. The zero-order valence-corrected chi connectivity index (χ0v) is 12.2. The molecule has 2 rings (SSSR count). The highest BCUT2D eigenvalue weighted by atomic mass is 19.2. The van der Waals surface area contributed by atoms with Crippen LogP contribution in [0.1, 0.15) is 6.92 Å². The summed E-state index contributed by atoms with van der Waals surface area (Å²) >= 11 is 0. The van der Waals surface area contributed by atoms with Gasteiger partial charge >= 0.3 is 5.97 Å². The maximum Gasteiger partial charge on any atom is 0.338 e. The van der Waals surface area contributed by atoms with E-state index in [4.69, 9.17) is 9.47 Å². The molecule has 5 heteroatoms. The van der Waals surface area contributed by atoms with Crippen molar-refractivity contribution in [2.24, 2.45) is 0 Å². The van der Waals surface area contributed by atoms with Gasteiger partial charge in [0.25, 0.3) is 0 Å². The molecule has 0 bridgehead atoms. The molecule has 0 aliphatic heterocycles. The minimum atomic E-state index is -1.04. The van der Waals surface area contributed by atoms with Gasteiger partial charge in [0, 0.05) is 11.1 Å². The molecule has 0 N–H and O–H groups in total. The van der Waals surface area contributed by atoms with Gasteiger partial charge in [-0.15, -0.1) is 0 Å². The predicted octanol–water partition coefficient (Wildman–Crippen LogP) is 4.12. The van der Waals surface area contributed by atoms with Gasteiger partial charge in [-0.25, -0.2) is 9.18 Å². The van der Waals surface area contributed by atoms with E-state index in [1.807, 2.05) is 0 Å². The quantitative estimate of drug-likeness (QED) is 0.484. The van der Waals surface area contributed by atoms with Crippen LogP contribution in [0.4, 0.5) is 8.78 Å². The highest BCUT2D eigenvalue weighted by Gasteiger charge is 2.15. The zero-order valence-electron chi connectivity index (χ0n) is 12.2. The normalized spacial score (nSPS) is 10.2. The van der Waals surface area contributed by atoms with Crippen LogP contribution in [-0.2, 0) is 4.79 Å². The summed E-state index contributed by atoms with van der Waals surface area (Å²) in [5, 5.41) is 0. The van der Waals surface area contributed by atoms with Crippen LogP contribution in [0.25, 0.3) is 11.1 Å². The second-order valence-electron chi connectivity index (χ2n) is 4.64. The van der Waals surface area contributed by atoms with Gasteiger partial charge in [0.15, 0.2) is 11.6 Å². The average Bonchev–Trinajstić information content (AvgIpc) is 2.51. The SMILES string of the molecule is C=C(C)C(=O)Oc1ccc(-c2ccc(OC)c(F)c2F)cc1. The number of carbonyl (C=O) groups is 1. The summed E-state index contributed by atoms with van der Waals surface area (Å²) in [4.78, 5) is 11.4. The fraction of sp³-hybridized carbons (Fsp3) is 0.118. The van der Waals surface area contributed by atoms with Crippen LogP contribution in [0, 0.1) is 11.6 Å². The van der Waals surface area contributed by atoms with E-state index in [1.54, 1.807) is 0 Å². The van der Waals surface area contributed by atoms with Gasteiger partial charge in [-0.3, -0.25) is 0 Å². The fourth-order valence-electron chi connectivity index (χ4n) is 1.81. The average molecular weight is 304 g/mol. The van der Waals surface area contributed by atoms with E-state index in [-0.39, 0.29) is 16.9 Å². The van der Waals surface area contributed by atoms with Gasteiger partial charge in [-0.1, -0.05) is 18.7 Å². The van der Waals surface area contributed by atoms with E-state index in [9.17, 15) is 13.6 Å². The molecule has 0 heterocycles. The Hall–Kier alpha value is -2.69. The number of ether oxygens (including phenoxy) is 2. The molecule has 0 saturated heterocycles. The van der Waals surface area contributed by atoms with Gasteiger partial charge in [-0.05, 0) is 36.8 Å². The fourth-order valence-corrected chi connectivity index (χ4v) is 1.81. The number of carbonyl (C=O) groups excluding carboxylic acids is 1. The lowest BCUT2D eigenvalue weighted by Gasteiger charge is -2.09. The van der Waals surface area contributed by atoms with E-state index >= 15 is 0 Å². The lowest BCUT2D eigenvalue weighted by Crippen LogP contribution is -2.07. The van der Waals surface area contributed by atoms with Gasteiger partial charge in [0.05, 0.1) is 7.11 Å². The van der Waals surface area contributed by atoms with Crippen LogP contribution in [0.15, 0.2) is 48.6 Å². The summed E-state index contributed by atoms with van der Waals surface area (Å²) in [5.41, 5.74) is 0.817. The van der Waals surface area contributed by atoms with Crippen molar-refractivity contribution in [3.8, 4) is 22.6 Å². The predicted molar refractivity (Wildman–Crippen MR) is 78.8 cm³/mol. The van der Waals surface area contributed by atoms with Gasteiger partial charge in [0.1, 0.15) is 5.75 Å². The third kappa shape index (κ3) is 3.14. The van der Waals surface area contributed by atoms with Crippen LogP contribution >= 0.6 is 0 Å². The van der Waals surface area contributed by atoms with Crippen LogP contribution < -0.4 is 9.47 Å². The Balaban J connectivity index is 2.30. The first kappa shape index (κ1) is 15.7. The summed E-state index contributed by atoms with van der Waals surface area (Å²) in [6.07, 6.45) is 0. The van der Waals surface area contributed by atoms with Crippen molar-refractivity contribution in [1.82, 2.24) is 0 Å². The molecule has 0 amide bonds. The molecule has 0 radical (unpaired) electrons. The third-order valence-electron chi connectivity index (χ3n) is 2.99. The van der Waals surface area contributed by atoms with Gasteiger partial charge in [0.2, 0.25) is 5.82 Å². The van der Waals surface area contributed by atoms with Crippen molar-refractivity contribution >= 4 is 5.97 Å². The number of hydrogen-bond acceptors (Lipinski definition) is 3. The molecule has 2 aromatic carbocycles. The van der Waals surface area contributed by atoms with Crippen molar-refractivity contribution in [3.05, 3.63) is 60.2 Å². The van der Waals surface area contributed by atoms with E-state index < -0.39 is 17.6 Å². The highest BCUT2D eigenvalue weighted by molar-refractivity contribution is 5.88. The van der Waals surface area contributed by atoms with Crippen molar-refractivity contribution < 1.29 is 23.0 Å². The molecule has 114 valence electrons. The Morgan fingerprint density at radius 3 is 2.23 bits per heavy atom. The molecule has 0 saturated carbocycles. The highest BCUT2D eigenvalue weighted by Crippen LogP contribution is 2.30. The van der Waals surface area contributed by atoms with Crippen molar-refractivity contribution in [3.63, 3.8) is 0 Å². The van der Waals surface area contributed by atoms with Crippen molar-refractivity contribution in [2.45, 2.75) is 6.92 Å². The molecule has 0 fully saturated rings. The molecule has 22 heavy (non-hydrogen) atoms. The molecule has 0 atom stereocenters. The molecule has 0 aliphatic rings. The van der Waals surface area contributed by atoms with E-state index in [0.717, 1.165) is 0 Å². The van der Waals surface area contributed by atoms with Crippen LogP contribution in [-0.4, -0.2) is 13.1 Å². The minimum Gasteiger partial charge on any atom is -0.494 e. The lowest BCUT2D eigenvalue weighted by molar-refractivity contribution is -0.130. The Morgan fingerprint density at radius 1 is 1.05 bits per heavy atom. The number of halogens is 2. The first-order chi connectivity index (χ1) is 10.4. The maximum atomic E-state index is 14.0. The Labute approximate surface area is 126 Å². The van der Waals surface area contributed by atoms with E-state index in [1.165, 1.54) is 50.4 Å². The number of esters is 1. The molecule has 0 unspecified atom stereocenters. The summed E-state index contributed by atoms with van der Waals surface area (Å²) in [5.74, 6) is -2.45. The second kappa shape index (κ2) is 6.39. The molecular weight excluding hydrogens is 290 g/mol. The van der Waals surface area contributed by atoms with Gasteiger partial charge < -0.3 is 9.47 Å². The molecule has 3 nitrogen and oxygen atoms in total. The summed E-state index contributed by atoms with van der Waals surface area (Å²) in [6.45, 7) is 5.01. The van der Waals surface area contributed by atoms with Crippen LogP contribution in [0.3, 0.4) is 0 Å². The molecule has 0 spiro atoms. The standard InChI is InChI=1S/C17H14F2O3/c1-10(2)17(20)22-12-6-4-11(5-7-12)13-8-9-14(21-3)16(19)15(13)18/h4-9H,1H2,2-3H3. The monoisotopic (exact) mass is 304 g/mol. The van der Waals surface area contributed by atoms with Crippen LogP contribution in [0.5, 0.6) is 11.5 Å². The summed E-state index contributed by atoms with van der Waals surface area (Å²) in [6, 6.07) is 8.83. The Kier molecular flexibility index (Phi) is 4.56. The number of hydrogen-bond donors (Lipinski definition) is 0. The van der Waals surface area contributed by atoms with Crippen molar-refractivity contribution in [1.29, 1.82) is 0 Å². The van der Waals surface area contributed by atoms with Gasteiger partial charge in [-0.2, -0.15) is 4.39 Å². The summed E-state index contributed by atoms with van der Waals surface area (Å²) in [7, 11) is 1.27. The van der Waals surface area contributed by atoms with E-state index in [0.29, 0.717) is 11.3 Å². The zero-order chi connectivity index (χ0) is 16.3. The molecule has 0 aromatic heterocycles. The number of rotatable bonds is 4. The first-order valence-corrected chi connectivity index (χ1v) is 6.44. The maximum absolute atomic E-state index is 14.0. The molecule has 0 aliphatic carbocycles. The number of benzene rings is 2. The van der Waals surface area contributed by atoms with Crippen molar-refractivity contribution in [2.75, 3.05) is 7.11 Å². The summed E-state index contributed by atoms with van der Waals surface area (Å²) < 4.78 is 37.5. The molecular formula is C17H14F2O3. The largest absolute Gasteiger partial charge is 0.494 e. The topological polar surface area (TPSA) is 35.5 Å².